The topological polar surface area (TPSA) is 62.8 Å². The molecule has 0 unspecified atom stereocenters. The summed E-state index contributed by atoms with van der Waals surface area (Å²) in [4.78, 5) is 5.11. The van der Waals surface area contributed by atoms with Crippen molar-refractivity contribution in [2.75, 3.05) is 5.73 Å². The lowest BCUT2D eigenvalue weighted by Gasteiger charge is -1.98. The van der Waals surface area contributed by atoms with Gasteiger partial charge in [-0.05, 0) is 25.5 Å². The third kappa shape index (κ3) is 6.15. The summed E-state index contributed by atoms with van der Waals surface area (Å²) in [5.41, 5.74) is 10.00. The lowest BCUT2D eigenvalue weighted by molar-refractivity contribution is 1.39. The molecule has 0 aliphatic rings. The van der Waals surface area contributed by atoms with E-state index in [9.17, 15) is 0 Å². The van der Waals surface area contributed by atoms with Crippen LogP contribution in [-0.2, 0) is 0 Å². The van der Waals surface area contributed by atoms with Crippen LogP contribution in [0.2, 0.25) is 0 Å². The number of anilines is 1. The van der Waals surface area contributed by atoms with Gasteiger partial charge in [0.2, 0.25) is 0 Å². The molecule has 4 heteroatoms. The first-order valence-corrected chi connectivity index (χ1v) is 6.73. The van der Waals surface area contributed by atoms with Crippen molar-refractivity contribution >= 4 is 23.2 Å². The summed E-state index contributed by atoms with van der Waals surface area (Å²) in [6, 6.07) is 5.65. The van der Waals surface area contributed by atoms with Gasteiger partial charge in [-0.25, -0.2) is 0 Å². The van der Waals surface area contributed by atoms with E-state index in [-0.39, 0.29) is 1.43 Å². The van der Waals surface area contributed by atoms with E-state index in [0.29, 0.717) is 5.69 Å². The number of aromatic nitrogens is 1. The standard InChI is InChI=1S/C8H10N2.C4H5NS.C2H6.H2/c1-6-2-3-7(5-9)8(10)4-6;1-4-2-5-3-6-4;1-2;/h2-5,9H,10H2,1H3;2-3H,1H3;1-2H3;1H. The van der Waals surface area contributed by atoms with Crippen molar-refractivity contribution in [3.63, 3.8) is 0 Å². The minimum Gasteiger partial charge on any atom is -0.398 e. The quantitative estimate of drug-likeness (QED) is 0.596. The fraction of sp³-hybridized carbons (Fsp3) is 0.286. The smallest absolute Gasteiger partial charge is 0.0794 e. The molecule has 0 saturated heterocycles. The molecule has 2 rings (SSSR count). The second-order valence-corrected chi connectivity index (χ2v) is 4.48. The molecule has 0 atom stereocenters. The first kappa shape index (κ1) is 16.3. The van der Waals surface area contributed by atoms with Crippen LogP contribution in [0.15, 0.2) is 29.9 Å². The molecule has 0 saturated carbocycles. The molecule has 0 amide bonds. The molecule has 1 aromatic heterocycles. The van der Waals surface area contributed by atoms with E-state index in [0.717, 1.165) is 11.1 Å². The maximum atomic E-state index is 6.95. The lowest BCUT2D eigenvalue weighted by atomic mass is 10.1. The van der Waals surface area contributed by atoms with E-state index in [1.54, 1.807) is 11.3 Å². The second-order valence-electron chi connectivity index (χ2n) is 3.39. The maximum Gasteiger partial charge on any atom is 0.0794 e. The number of benzene rings is 1. The Morgan fingerprint density at radius 2 is 2.00 bits per heavy atom. The Labute approximate surface area is 115 Å². The summed E-state index contributed by atoms with van der Waals surface area (Å²) >= 11 is 1.67. The van der Waals surface area contributed by atoms with E-state index >= 15 is 0 Å². The predicted molar refractivity (Wildman–Crippen MR) is 83.8 cm³/mol. The fourth-order valence-corrected chi connectivity index (χ4v) is 1.51. The average Bonchev–Trinajstić information content (AvgIpc) is 2.84. The van der Waals surface area contributed by atoms with Gasteiger partial charge in [0.05, 0.1) is 5.51 Å². The molecule has 1 heterocycles. The molecule has 0 spiro atoms. The molecule has 3 nitrogen and oxygen atoms in total. The summed E-state index contributed by atoms with van der Waals surface area (Å²) < 4.78 is 0. The number of nitrogens with two attached hydrogens (primary N) is 1. The number of thiazole rings is 1. The Kier molecular flexibility index (Phi) is 8.49. The molecule has 0 radical (unpaired) electrons. The Hall–Kier alpha value is -1.68. The van der Waals surface area contributed by atoms with Gasteiger partial charge in [0.15, 0.2) is 0 Å². The van der Waals surface area contributed by atoms with Crippen LogP contribution >= 0.6 is 11.3 Å². The second kappa shape index (κ2) is 9.36. The molecule has 0 bridgehead atoms. The SMILES string of the molecule is CC.Cc1ccc(C=N)c(N)c1.Cc1cncs1.[HH]. The Bertz CT molecular complexity index is 456. The zero-order chi connectivity index (χ0) is 14.0. The number of nitrogen functional groups attached to an aromatic ring is 1. The van der Waals surface area contributed by atoms with Crippen molar-refractivity contribution < 1.29 is 1.43 Å². The van der Waals surface area contributed by atoms with Gasteiger partial charge in [-0.15, -0.1) is 11.3 Å². The number of rotatable bonds is 1. The summed E-state index contributed by atoms with van der Waals surface area (Å²) in [5.74, 6) is 0. The first-order chi connectivity index (χ1) is 8.63. The van der Waals surface area contributed by atoms with Gasteiger partial charge in [-0.1, -0.05) is 26.0 Å². The average molecular weight is 265 g/mol. The molecule has 0 aliphatic carbocycles. The molecular weight excluding hydrogens is 242 g/mol. The van der Waals surface area contributed by atoms with Crippen molar-refractivity contribution in [1.29, 1.82) is 5.41 Å². The van der Waals surface area contributed by atoms with E-state index in [1.807, 2.05) is 57.6 Å². The van der Waals surface area contributed by atoms with Crippen LogP contribution in [0.25, 0.3) is 0 Å². The Morgan fingerprint density at radius 3 is 2.33 bits per heavy atom. The van der Waals surface area contributed by atoms with E-state index in [1.165, 1.54) is 11.1 Å². The van der Waals surface area contributed by atoms with E-state index < -0.39 is 0 Å². The lowest BCUT2D eigenvalue weighted by Crippen LogP contribution is -1.92. The molecule has 0 fully saturated rings. The van der Waals surface area contributed by atoms with Gasteiger partial charge in [0.25, 0.3) is 0 Å². The number of nitrogens with one attached hydrogen (secondary N) is 1. The molecular formula is C14H23N3S. The highest BCUT2D eigenvalue weighted by Gasteiger charge is 1.92. The molecule has 18 heavy (non-hydrogen) atoms. The number of aryl methyl sites for hydroxylation is 2. The van der Waals surface area contributed by atoms with E-state index in [4.69, 9.17) is 11.1 Å². The van der Waals surface area contributed by atoms with Gasteiger partial charge in [-0.3, -0.25) is 4.98 Å². The van der Waals surface area contributed by atoms with Gasteiger partial charge < -0.3 is 11.1 Å². The van der Waals surface area contributed by atoms with E-state index in [2.05, 4.69) is 4.98 Å². The predicted octanol–water partition coefficient (Wildman–Crippen LogP) is 4.30. The summed E-state index contributed by atoms with van der Waals surface area (Å²) in [5, 5.41) is 6.95. The summed E-state index contributed by atoms with van der Waals surface area (Å²) in [6.45, 7) is 8.02. The van der Waals surface area contributed by atoms with Crippen LogP contribution in [0, 0.1) is 19.3 Å². The highest BCUT2D eigenvalue weighted by Crippen LogP contribution is 2.10. The maximum absolute atomic E-state index is 6.95. The highest BCUT2D eigenvalue weighted by atomic mass is 32.1. The van der Waals surface area contributed by atoms with Crippen LogP contribution in [0.1, 0.15) is 31.3 Å². The van der Waals surface area contributed by atoms with Crippen LogP contribution in [-0.4, -0.2) is 11.2 Å². The normalized spacial score (nSPS) is 8.44. The van der Waals surface area contributed by atoms with Gasteiger partial charge >= 0.3 is 0 Å². The van der Waals surface area contributed by atoms with Crippen molar-refractivity contribution in [3.8, 4) is 0 Å². The van der Waals surface area contributed by atoms with Crippen molar-refractivity contribution in [2.24, 2.45) is 0 Å². The summed E-state index contributed by atoms with van der Waals surface area (Å²) in [7, 11) is 0. The Morgan fingerprint density at radius 1 is 1.33 bits per heavy atom. The highest BCUT2D eigenvalue weighted by molar-refractivity contribution is 7.09. The fourth-order valence-electron chi connectivity index (χ4n) is 1.11. The molecule has 3 N–H and O–H groups in total. The van der Waals surface area contributed by atoms with Crippen LogP contribution < -0.4 is 5.73 Å². The number of hydrogen-bond donors (Lipinski definition) is 2. The Balaban J connectivity index is 0. The minimum atomic E-state index is 0. The van der Waals surface area contributed by atoms with Gasteiger partial charge in [-0.2, -0.15) is 0 Å². The minimum absolute atomic E-state index is 0. The van der Waals surface area contributed by atoms with Crippen LogP contribution in [0.3, 0.4) is 0 Å². The molecule has 0 aliphatic heterocycles. The zero-order valence-corrected chi connectivity index (χ0v) is 12.2. The van der Waals surface area contributed by atoms with Crippen LogP contribution in [0.5, 0.6) is 0 Å². The van der Waals surface area contributed by atoms with Crippen molar-refractivity contribution in [1.82, 2.24) is 4.98 Å². The van der Waals surface area contributed by atoms with Gasteiger partial charge in [0.1, 0.15) is 0 Å². The first-order valence-electron chi connectivity index (χ1n) is 5.85. The molecule has 2 aromatic rings. The van der Waals surface area contributed by atoms with Gasteiger partial charge in [0, 0.05) is 30.0 Å². The monoisotopic (exact) mass is 265 g/mol. The van der Waals surface area contributed by atoms with Crippen molar-refractivity contribution in [2.45, 2.75) is 27.7 Å². The third-order valence-corrected chi connectivity index (χ3v) is 2.66. The van der Waals surface area contributed by atoms with Crippen LogP contribution in [0.4, 0.5) is 5.69 Å². The largest absolute Gasteiger partial charge is 0.398 e. The molecule has 100 valence electrons. The van der Waals surface area contributed by atoms with Crippen molar-refractivity contribution in [3.05, 3.63) is 45.9 Å². The molecule has 1 aromatic carbocycles. The summed E-state index contributed by atoms with van der Waals surface area (Å²) in [6.07, 6.45) is 3.11. The zero-order valence-electron chi connectivity index (χ0n) is 11.4. The third-order valence-electron chi connectivity index (χ3n) is 1.95. The number of hydrogen-bond acceptors (Lipinski definition) is 4. The number of nitrogens with zero attached hydrogens (tertiary/aromatic N) is 1.